The molecular weight excluding hydrogens is 340 g/mol. The van der Waals surface area contributed by atoms with Crippen LogP contribution in [0.15, 0.2) is 46.9 Å². The van der Waals surface area contributed by atoms with Gasteiger partial charge < -0.3 is 14.2 Å². The molecule has 1 amide bonds. The number of nitrogens with zero attached hydrogens (tertiary/aromatic N) is 4. The smallest absolute Gasteiger partial charge is 0.254 e. The van der Waals surface area contributed by atoms with Crippen LogP contribution in [0, 0.1) is 13.8 Å². The quantitative estimate of drug-likeness (QED) is 0.691. The van der Waals surface area contributed by atoms with Gasteiger partial charge in [-0.05, 0) is 44.2 Å². The standard InChI is InChI=1S/C21H24N4O2/c1-14-12-19(23-21(22-14)24(3)4)16-7-9-17(10-8-16)20(26)25(5)13-18-11-6-15(2)27-18/h6-12H,13H2,1-5H3. The van der Waals surface area contributed by atoms with Crippen molar-refractivity contribution in [3.8, 4) is 11.3 Å². The molecule has 0 bridgehead atoms. The maximum atomic E-state index is 12.7. The van der Waals surface area contributed by atoms with Crippen LogP contribution in [0.4, 0.5) is 5.95 Å². The summed E-state index contributed by atoms with van der Waals surface area (Å²) in [5.41, 5.74) is 3.31. The molecule has 0 spiro atoms. The SMILES string of the molecule is Cc1cc(-c2ccc(C(=O)N(C)Cc3ccc(C)o3)cc2)nc(N(C)C)n1. The topological polar surface area (TPSA) is 62.5 Å². The Morgan fingerprint density at radius 2 is 1.70 bits per heavy atom. The first-order valence-corrected chi connectivity index (χ1v) is 8.77. The number of hydrogen-bond acceptors (Lipinski definition) is 5. The molecule has 0 saturated carbocycles. The van der Waals surface area contributed by atoms with E-state index < -0.39 is 0 Å². The summed E-state index contributed by atoms with van der Waals surface area (Å²) >= 11 is 0. The average Bonchev–Trinajstić information content (AvgIpc) is 3.05. The fourth-order valence-corrected chi connectivity index (χ4v) is 2.78. The van der Waals surface area contributed by atoms with Gasteiger partial charge in [0.2, 0.25) is 5.95 Å². The lowest BCUT2D eigenvalue weighted by Gasteiger charge is -2.16. The Morgan fingerprint density at radius 3 is 2.30 bits per heavy atom. The van der Waals surface area contributed by atoms with Gasteiger partial charge in [-0.25, -0.2) is 9.97 Å². The molecule has 2 aromatic heterocycles. The summed E-state index contributed by atoms with van der Waals surface area (Å²) in [7, 11) is 5.60. The number of carbonyl (C=O) groups is 1. The zero-order valence-electron chi connectivity index (χ0n) is 16.4. The summed E-state index contributed by atoms with van der Waals surface area (Å²) < 4.78 is 5.55. The second kappa shape index (κ2) is 7.61. The van der Waals surface area contributed by atoms with Crippen LogP contribution in [0.25, 0.3) is 11.3 Å². The highest BCUT2D eigenvalue weighted by molar-refractivity contribution is 5.94. The van der Waals surface area contributed by atoms with Gasteiger partial charge in [-0.3, -0.25) is 4.79 Å². The van der Waals surface area contributed by atoms with Crippen molar-refractivity contribution in [2.75, 3.05) is 26.0 Å². The molecule has 0 aliphatic carbocycles. The summed E-state index contributed by atoms with van der Waals surface area (Å²) in [5.74, 6) is 2.22. The first kappa shape index (κ1) is 18.6. The Balaban J connectivity index is 1.77. The number of aryl methyl sites for hydroxylation is 2. The van der Waals surface area contributed by atoms with Gasteiger partial charge in [0, 0.05) is 38.0 Å². The fourth-order valence-electron chi connectivity index (χ4n) is 2.78. The predicted molar refractivity (Wildman–Crippen MR) is 106 cm³/mol. The highest BCUT2D eigenvalue weighted by Crippen LogP contribution is 2.21. The molecule has 0 aliphatic heterocycles. The van der Waals surface area contributed by atoms with Crippen LogP contribution in [0.2, 0.25) is 0 Å². The highest BCUT2D eigenvalue weighted by atomic mass is 16.3. The monoisotopic (exact) mass is 364 g/mol. The van der Waals surface area contributed by atoms with Crippen LogP contribution < -0.4 is 4.90 Å². The van der Waals surface area contributed by atoms with Gasteiger partial charge in [0.25, 0.3) is 5.91 Å². The van der Waals surface area contributed by atoms with E-state index >= 15 is 0 Å². The van der Waals surface area contributed by atoms with Crippen molar-refractivity contribution in [2.24, 2.45) is 0 Å². The molecule has 3 rings (SSSR count). The van der Waals surface area contributed by atoms with Crippen molar-refractivity contribution in [2.45, 2.75) is 20.4 Å². The molecule has 1 aromatic carbocycles. The Labute approximate surface area is 159 Å². The van der Waals surface area contributed by atoms with Gasteiger partial charge in [0.05, 0.1) is 12.2 Å². The van der Waals surface area contributed by atoms with Gasteiger partial charge in [-0.2, -0.15) is 0 Å². The minimum absolute atomic E-state index is 0.0524. The lowest BCUT2D eigenvalue weighted by atomic mass is 10.1. The summed E-state index contributed by atoms with van der Waals surface area (Å²) in [6.45, 7) is 4.27. The lowest BCUT2D eigenvalue weighted by Crippen LogP contribution is -2.25. The van der Waals surface area contributed by atoms with Crippen molar-refractivity contribution in [3.63, 3.8) is 0 Å². The molecule has 0 unspecified atom stereocenters. The van der Waals surface area contributed by atoms with E-state index in [2.05, 4.69) is 9.97 Å². The molecule has 140 valence electrons. The number of anilines is 1. The van der Waals surface area contributed by atoms with E-state index in [1.54, 1.807) is 11.9 Å². The Kier molecular flexibility index (Phi) is 5.26. The van der Waals surface area contributed by atoms with E-state index in [4.69, 9.17) is 4.42 Å². The molecule has 0 aliphatic rings. The van der Waals surface area contributed by atoms with Gasteiger partial charge >= 0.3 is 0 Å². The number of rotatable bonds is 5. The van der Waals surface area contributed by atoms with E-state index in [0.29, 0.717) is 18.1 Å². The molecule has 0 atom stereocenters. The van der Waals surface area contributed by atoms with Crippen LogP contribution >= 0.6 is 0 Å². The van der Waals surface area contributed by atoms with Gasteiger partial charge in [0.15, 0.2) is 0 Å². The summed E-state index contributed by atoms with van der Waals surface area (Å²) in [6.07, 6.45) is 0. The minimum atomic E-state index is -0.0524. The predicted octanol–water partition coefficient (Wildman–Crippen LogP) is 3.69. The Bertz CT molecular complexity index is 945. The number of benzene rings is 1. The van der Waals surface area contributed by atoms with E-state index in [1.807, 2.05) is 75.3 Å². The average molecular weight is 364 g/mol. The number of amides is 1. The second-order valence-corrected chi connectivity index (χ2v) is 6.84. The number of aromatic nitrogens is 2. The van der Waals surface area contributed by atoms with Crippen molar-refractivity contribution in [1.29, 1.82) is 0 Å². The molecule has 0 N–H and O–H groups in total. The molecule has 2 heterocycles. The van der Waals surface area contributed by atoms with Crippen LogP contribution in [-0.2, 0) is 6.54 Å². The largest absolute Gasteiger partial charge is 0.464 e. The first-order valence-electron chi connectivity index (χ1n) is 8.77. The molecule has 0 fully saturated rings. The lowest BCUT2D eigenvalue weighted by molar-refractivity contribution is 0.0775. The number of furan rings is 1. The summed E-state index contributed by atoms with van der Waals surface area (Å²) in [5, 5.41) is 0. The van der Waals surface area contributed by atoms with Crippen LogP contribution in [0.3, 0.4) is 0 Å². The number of hydrogen-bond donors (Lipinski definition) is 0. The normalized spacial score (nSPS) is 10.7. The molecule has 0 saturated heterocycles. The highest BCUT2D eigenvalue weighted by Gasteiger charge is 2.14. The van der Waals surface area contributed by atoms with Crippen LogP contribution in [0.5, 0.6) is 0 Å². The second-order valence-electron chi connectivity index (χ2n) is 6.84. The van der Waals surface area contributed by atoms with Crippen LogP contribution in [-0.4, -0.2) is 41.9 Å². The summed E-state index contributed by atoms with van der Waals surface area (Å²) in [4.78, 5) is 25.2. The minimum Gasteiger partial charge on any atom is -0.464 e. The third kappa shape index (κ3) is 4.34. The van der Waals surface area contributed by atoms with Crippen LogP contribution in [0.1, 0.15) is 27.6 Å². The Hall–Kier alpha value is -3.15. The molecule has 6 heteroatoms. The van der Waals surface area contributed by atoms with E-state index in [-0.39, 0.29) is 5.91 Å². The van der Waals surface area contributed by atoms with Crippen molar-refractivity contribution in [1.82, 2.24) is 14.9 Å². The van der Waals surface area contributed by atoms with Gasteiger partial charge in [-0.1, -0.05) is 12.1 Å². The summed E-state index contributed by atoms with van der Waals surface area (Å²) in [6, 6.07) is 13.2. The van der Waals surface area contributed by atoms with Gasteiger partial charge in [0.1, 0.15) is 11.5 Å². The molecule has 27 heavy (non-hydrogen) atoms. The maximum Gasteiger partial charge on any atom is 0.254 e. The van der Waals surface area contributed by atoms with E-state index in [1.165, 1.54) is 0 Å². The van der Waals surface area contributed by atoms with Crippen molar-refractivity contribution < 1.29 is 9.21 Å². The van der Waals surface area contributed by atoms with E-state index in [9.17, 15) is 4.79 Å². The van der Waals surface area contributed by atoms with E-state index in [0.717, 1.165) is 28.5 Å². The fraction of sp³-hybridized carbons (Fsp3) is 0.286. The Morgan fingerprint density at radius 1 is 1.00 bits per heavy atom. The molecular formula is C21H24N4O2. The van der Waals surface area contributed by atoms with Gasteiger partial charge in [-0.15, -0.1) is 0 Å². The first-order chi connectivity index (χ1) is 12.8. The zero-order valence-corrected chi connectivity index (χ0v) is 16.4. The third-order valence-corrected chi connectivity index (χ3v) is 4.21. The molecule has 3 aromatic rings. The zero-order chi connectivity index (χ0) is 19.6. The molecule has 0 radical (unpaired) electrons. The third-order valence-electron chi connectivity index (χ3n) is 4.21. The van der Waals surface area contributed by atoms with Crippen molar-refractivity contribution in [3.05, 3.63) is 65.2 Å². The van der Waals surface area contributed by atoms with Crippen molar-refractivity contribution >= 4 is 11.9 Å². The molecule has 6 nitrogen and oxygen atoms in total. The maximum absolute atomic E-state index is 12.7. The number of carbonyl (C=O) groups excluding carboxylic acids is 1.